The summed E-state index contributed by atoms with van der Waals surface area (Å²) in [4.78, 5) is 4.07. The number of aromatic nitrogens is 1. The molecule has 10 heavy (non-hydrogen) atoms. The quantitative estimate of drug-likeness (QED) is 0.528. The molecule has 1 heterocycles. The lowest BCUT2D eigenvalue weighted by atomic mass is 10.2. The summed E-state index contributed by atoms with van der Waals surface area (Å²) in [6.07, 6.45) is 2.10. The first kappa shape index (κ1) is 5.83. The Balaban J connectivity index is 2.42. The fourth-order valence-corrected chi connectivity index (χ4v) is 1.36. The molecule has 0 saturated heterocycles. The summed E-state index contributed by atoms with van der Waals surface area (Å²) >= 11 is 0. The fraction of sp³-hybridized carbons (Fsp3) is 0.375. The monoisotopic (exact) mass is 137 g/mol. The predicted octanol–water partition coefficient (Wildman–Crippen LogP) is 1.52. The Bertz CT molecular complexity index is 222. The Hall–Kier alpha value is -0.920. The third kappa shape index (κ3) is 0.801. The maximum atomic E-state index is 12.7. The molecule has 1 aliphatic carbocycles. The molecule has 0 radical (unpaired) electrons. The Morgan fingerprint density at radius 3 is 3.20 bits per heavy atom. The number of pyridine rings is 1. The summed E-state index contributed by atoms with van der Waals surface area (Å²) < 4.78 is 12.7. The van der Waals surface area contributed by atoms with Crippen LogP contribution >= 0.6 is 0 Å². The lowest BCUT2D eigenvalue weighted by molar-refractivity contribution is 0.348. The van der Waals surface area contributed by atoms with Gasteiger partial charge in [-0.3, -0.25) is 4.98 Å². The van der Waals surface area contributed by atoms with Gasteiger partial charge in [0.1, 0.15) is 6.17 Å². The molecule has 52 valence electrons. The standard InChI is InChI=1S/C8H8FN/c9-7-4-6-2-1-3-10-8(6)5-7/h1-3,7H,4-5H2. The fourth-order valence-electron chi connectivity index (χ4n) is 1.36. The molecule has 1 unspecified atom stereocenters. The lowest BCUT2D eigenvalue weighted by Crippen LogP contribution is -1.96. The smallest absolute Gasteiger partial charge is 0.110 e. The van der Waals surface area contributed by atoms with Crippen molar-refractivity contribution in [2.45, 2.75) is 19.0 Å². The number of nitrogens with zero attached hydrogens (tertiary/aromatic N) is 1. The summed E-state index contributed by atoms with van der Waals surface area (Å²) in [5, 5.41) is 0. The van der Waals surface area contributed by atoms with Gasteiger partial charge in [0.05, 0.1) is 0 Å². The van der Waals surface area contributed by atoms with Gasteiger partial charge in [-0.2, -0.15) is 0 Å². The minimum absolute atomic E-state index is 0.510. The van der Waals surface area contributed by atoms with Gasteiger partial charge < -0.3 is 0 Å². The van der Waals surface area contributed by atoms with E-state index in [1.807, 2.05) is 12.1 Å². The van der Waals surface area contributed by atoms with E-state index in [1.54, 1.807) is 6.20 Å². The molecule has 0 spiro atoms. The van der Waals surface area contributed by atoms with E-state index < -0.39 is 6.17 Å². The molecule has 1 aromatic heterocycles. The molecule has 1 nitrogen and oxygen atoms in total. The Morgan fingerprint density at radius 1 is 1.50 bits per heavy atom. The summed E-state index contributed by atoms with van der Waals surface area (Å²) in [5.74, 6) is 0. The zero-order chi connectivity index (χ0) is 6.97. The van der Waals surface area contributed by atoms with Crippen LogP contribution in [-0.2, 0) is 12.8 Å². The highest BCUT2D eigenvalue weighted by Crippen LogP contribution is 2.21. The van der Waals surface area contributed by atoms with Crippen molar-refractivity contribution in [1.29, 1.82) is 0 Å². The van der Waals surface area contributed by atoms with E-state index >= 15 is 0 Å². The predicted molar refractivity (Wildman–Crippen MR) is 36.5 cm³/mol. The number of halogens is 1. The van der Waals surface area contributed by atoms with Crippen LogP contribution in [0.25, 0.3) is 0 Å². The third-order valence-corrected chi connectivity index (χ3v) is 1.84. The number of alkyl halides is 1. The molecule has 0 aromatic carbocycles. The number of fused-ring (bicyclic) bond motifs is 1. The highest BCUT2D eigenvalue weighted by Gasteiger charge is 2.20. The van der Waals surface area contributed by atoms with Crippen molar-refractivity contribution in [3.05, 3.63) is 29.6 Å². The van der Waals surface area contributed by atoms with Gasteiger partial charge in [-0.1, -0.05) is 6.07 Å². The minimum atomic E-state index is -0.690. The second-order valence-corrected chi connectivity index (χ2v) is 2.61. The van der Waals surface area contributed by atoms with Crippen molar-refractivity contribution in [2.24, 2.45) is 0 Å². The molecule has 1 aromatic rings. The minimum Gasteiger partial charge on any atom is -0.261 e. The molecule has 0 fully saturated rings. The van der Waals surface area contributed by atoms with Gasteiger partial charge in [-0.25, -0.2) is 4.39 Å². The van der Waals surface area contributed by atoms with Crippen molar-refractivity contribution in [1.82, 2.24) is 4.98 Å². The maximum Gasteiger partial charge on any atom is 0.110 e. The van der Waals surface area contributed by atoms with Gasteiger partial charge in [-0.15, -0.1) is 0 Å². The zero-order valence-corrected chi connectivity index (χ0v) is 5.55. The van der Waals surface area contributed by atoms with Crippen LogP contribution in [0.15, 0.2) is 18.3 Å². The van der Waals surface area contributed by atoms with Gasteiger partial charge in [0, 0.05) is 24.7 Å². The molecular formula is C8H8FN. The lowest BCUT2D eigenvalue weighted by Gasteiger charge is -1.91. The van der Waals surface area contributed by atoms with Crippen LogP contribution in [0, 0.1) is 0 Å². The molecule has 0 N–H and O–H groups in total. The highest BCUT2D eigenvalue weighted by molar-refractivity contribution is 5.26. The second kappa shape index (κ2) is 2.04. The first-order valence-electron chi connectivity index (χ1n) is 3.43. The van der Waals surface area contributed by atoms with Crippen LogP contribution in [0.1, 0.15) is 11.3 Å². The van der Waals surface area contributed by atoms with Gasteiger partial charge in [-0.05, 0) is 11.6 Å². The van der Waals surface area contributed by atoms with Crippen LogP contribution < -0.4 is 0 Å². The van der Waals surface area contributed by atoms with Crippen molar-refractivity contribution in [3.8, 4) is 0 Å². The largest absolute Gasteiger partial charge is 0.261 e. The third-order valence-electron chi connectivity index (χ3n) is 1.84. The average molecular weight is 137 g/mol. The van der Waals surface area contributed by atoms with Crippen LogP contribution in [-0.4, -0.2) is 11.2 Å². The van der Waals surface area contributed by atoms with Crippen LogP contribution in [0.4, 0.5) is 4.39 Å². The molecule has 2 heteroatoms. The van der Waals surface area contributed by atoms with Gasteiger partial charge in [0.25, 0.3) is 0 Å². The first-order chi connectivity index (χ1) is 4.86. The average Bonchev–Trinajstić information content (AvgIpc) is 2.27. The van der Waals surface area contributed by atoms with E-state index in [0.717, 1.165) is 11.3 Å². The highest BCUT2D eigenvalue weighted by atomic mass is 19.1. The van der Waals surface area contributed by atoms with Crippen molar-refractivity contribution in [2.75, 3.05) is 0 Å². The maximum absolute atomic E-state index is 12.7. The van der Waals surface area contributed by atoms with Gasteiger partial charge in [0.2, 0.25) is 0 Å². The number of rotatable bonds is 0. The van der Waals surface area contributed by atoms with Gasteiger partial charge >= 0.3 is 0 Å². The second-order valence-electron chi connectivity index (χ2n) is 2.61. The van der Waals surface area contributed by atoms with Gasteiger partial charge in [0.15, 0.2) is 0 Å². The van der Waals surface area contributed by atoms with Crippen molar-refractivity contribution >= 4 is 0 Å². The summed E-state index contributed by atoms with van der Waals surface area (Å²) in [6, 6.07) is 3.80. The normalized spacial score (nSPS) is 22.7. The molecular weight excluding hydrogens is 129 g/mol. The number of hydrogen-bond donors (Lipinski definition) is 0. The molecule has 0 bridgehead atoms. The van der Waals surface area contributed by atoms with Crippen LogP contribution in [0.5, 0.6) is 0 Å². The van der Waals surface area contributed by atoms with E-state index in [2.05, 4.69) is 4.98 Å². The Morgan fingerprint density at radius 2 is 2.40 bits per heavy atom. The summed E-state index contributed by atoms with van der Waals surface area (Å²) in [5.41, 5.74) is 2.02. The Labute approximate surface area is 58.9 Å². The topological polar surface area (TPSA) is 12.9 Å². The van der Waals surface area contributed by atoms with Crippen molar-refractivity contribution in [3.63, 3.8) is 0 Å². The molecule has 0 amide bonds. The molecule has 0 saturated carbocycles. The van der Waals surface area contributed by atoms with Crippen molar-refractivity contribution < 1.29 is 4.39 Å². The molecule has 1 aliphatic rings. The number of hydrogen-bond acceptors (Lipinski definition) is 1. The molecule has 2 rings (SSSR count). The first-order valence-corrected chi connectivity index (χ1v) is 3.43. The summed E-state index contributed by atoms with van der Waals surface area (Å²) in [7, 11) is 0. The van der Waals surface area contributed by atoms with E-state index in [4.69, 9.17) is 0 Å². The van der Waals surface area contributed by atoms with E-state index in [9.17, 15) is 4.39 Å². The Kier molecular flexibility index (Phi) is 1.19. The van der Waals surface area contributed by atoms with E-state index in [0.29, 0.717) is 12.8 Å². The SMILES string of the molecule is FC1Cc2cccnc2C1. The van der Waals surface area contributed by atoms with Crippen LogP contribution in [0.2, 0.25) is 0 Å². The van der Waals surface area contributed by atoms with E-state index in [1.165, 1.54) is 0 Å². The summed E-state index contributed by atoms with van der Waals surface area (Å²) in [6.45, 7) is 0. The molecule has 1 atom stereocenters. The van der Waals surface area contributed by atoms with E-state index in [-0.39, 0.29) is 0 Å². The van der Waals surface area contributed by atoms with Crippen LogP contribution in [0.3, 0.4) is 0 Å². The zero-order valence-electron chi connectivity index (χ0n) is 5.55. The molecule has 0 aliphatic heterocycles.